The molecule has 0 fully saturated rings. The monoisotopic (exact) mass is 342 g/mol. The Hall–Kier alpha value is -1.94. The summed E-state index contributed by atoms with van der Waals surface area (Å²) in [4.78, 5) is 16.2. The van der Waals surface area contributed by atoms with Crippen LogP contribution in [0.5, 0.6) is 0 Å². The van der Waals surface area contributed by atoms with E-state index >= 15 is 0 Å². The van der Waals surface area contributed by atoms with E-state index in [0.29, 0.717) is 5.69 Å². The first kappa shape index (κ1) is 14.0. The molecule has 106 valence electrons. The molecule has 0 atom stereocenters. The van der Waals surface area contributed by atoms with E-state index in [4.69, 9.17) is 0 Å². The lowest BCUT2D eigenvalue weighted by molar-refractivity contribution is 0.111. The highest BCUT2D eigenvalue weighted by molar-refractivity contribution is 9.10. The van der Waals surface area contributed by atoms with Gasteiger partial charge in [0.25, 0.3) is 0 Å². The molecular weight excluding hydrogens is 328 g/mol. The fourth-order valence-electron chi connectivity index (χ4n) is 2.51. The minimum Gasteiger partial charge on any atom is -0.296 e. The molecule has 0 unspecified atom stereocenters. The van der Waals surface area contributed by atoms with Crippen LogP contribution in [0.3, 0.4) is 0 Å². The number of aryl methyl sites for hydroxylation is 2. The normalized spacial score (nSPS) is 11.0. The standard InChI is InChI=1S/C17H15BrN2O/c1-3-12-4-6-13(7-5-12)16-15(10-21)20-9-14(18)8-11(2)17(20)19-16/h4-10H,3H2,1-2H3. The number of benzene rings is 1. The summed E-state index contributed by atoms with van der Waals surface area (Å²) in [5.41, 5.74) is 5.40. The number of pyridine rings is 1. The SMILES string of the molecule is CCc1ccc(-c2nc3c(C)cc(Br)cn3c2C=O)cc1. The number of carbonyl (C=O) groups is 1. The Balaban J connectivity index is 2.26. The number of hydrogen-bond donors (Lipinski definition) is 0. The van der Waals surface area contributed by atoms with Crippen molar-refractivity contribution >= 4 is 27.9 Å². The molecule has 0 saturated heterocycles. The molecule has 21 heavy (non-hydrogen) atoms. The third-order valence-electron chi connectivity index (χ3n) is 3.65. The van der Waals surface area contributed by atoms with Crippen LogP contribution >= 0.6 is 15.9 Å². The molecular formula is C17H15BrN2O. The third kappa shape index (κ3) is 2.40. The molecule has 0 aliphatic rings. The van der Waals surface area contributed by atoms with E-state index in [1.807, 2.05) is 35.7 Å². The van der Waals surface area contributed by atoms with Gasteiger partial charge in [-0.25, -0.2) is 4.98 Å². The maximum Gasteiger partial charge on any atom is 0.169 e. The number of imidazole rings is 1. The Morgan fingerprint density at radius 1 is 1.29 bits per heavy atom. The second-order valence-electron chi connectivity index (χ2n) is 5.05. The number of hydrogen-bond acceptors (Lipinski definition) is 2. The predicted octanol–water partition coefficient (Wildman–Crippen LogP) is 4.45. The van der Waals surface area contributed by atoms with E-state index in [1.54, 1.807) is 0 Å². The summed E-state index contributed by atoms with van der Waals surface area (Å²) in [5.74, 6) is 0. The molecule has 2 aromatic heterocycles. The summed E-state index contributed by atoms with van der Waals surface area (Å²) < 4.78 is 2.77. The van der Waals surface area contributed by atoms with Gasteiger partial charge in [-0.2, -0.15) is 0 Å². The average Bonchev–Trinajstić information content (AvgIpc) is 2.86. The van der Waals surface area contributed by atoms with Crippen molar-refractivity contribution in [2.24, 2.45) is 0 Å². The maximum absolute atomic E-state index is 11.5. The zero-order valence-electron chi connectivity index (χ0n) is 11.9. The van der Waals surface area contributed by atoms with E-state index in [0.717, 1.165) is 39.6 Å². The number of carbonyl (C=O) groups excluding carboxylic acids is 1. The Bertz CT molecular complexity index is 819. The van der Waals surface area contributed by atoms with Gasteiger partial charge in [-0.3, -0.25) is 9.20 Å². The number of nitrogens with zero attached hydrogens (tertiary/aromatic N) is 2. The minimum absolute atomic E-state index is 0.582. The lowest BCUT2D eigenvalue weighted by Crippen LogP contribution is -1.94. The first-order valence-corrected chi connectivity index (χ1v) is 7.66. The third-order valence-corrected chi connectivity index (χ3v) is 4.09. The summed E-state index contributed by atoms with van der Waals surface area (Å²) in [6.45, 7) is 4.11. The molecule has 0 saturated carbocycles. The highest BCUT2D eigenvalue weighted by Crippen LogP contribution is 2.27. The molecule has 4 heteroatoms. The second kappa shape index (κ2) is 5.45. The van der Waals surface area contributed by atoms with Crippen molar-refractivity contribution < 1.29 is 4.79 Å². The van der Waals surface area contributed by atoms with Gasteiger partial charge in [-0.1, -0.05) is 31.2 Å². The zero-order valence-corrected chi connectivity index (χ0v) is 13.5. The summed E-state index contributed by atoms with van der Waals surface area (Å²) in [5, 5.41) is 0. The number of rotatable bonds is 3. The van der Waals surface area contributed by atoms with E-state index < -0.39 is 0 Å². The second-order valence-corrected chi connectivity index (χ2v) is 5.96. The quantitative estimate of drug-likeness (QED) is 0.659. The largest absolute Gasteiger partial charge is 0.296 e. The summed E-state index contributed by atoms with van der Waals surface area (Å²) in [6, 6.07) is 10.2. The van der Waals surface area contributed by atoms with Crippen LogP contribution in [0.2, 0.25) is 0 Å². The topological polar surface area (TPSA) is 34.4 Å². The fraction of sp³-hybridized carbons (Fsp3) is 0.176. The van der Waals surface area contributed by atoms with E-state index in [2.05, 4.69) is 40.0 Å². The van der Waals surface area contributed by atoms with Crippen molar-refractivity contribution in [3.05, 3.63) is 57.8 Å². The van der Waals surface area contributed by atoms with Crippen LogP contribution < -0.4 is 0 Å². The van der Waals surface area contributed by atoms with Crippen molar-refractivity contribution in [1.29, 1.82) is 0 Å². The van der Waals surface area contributed by atoms with E-state index in [9.17, 15) is 4.79 Å². The van der Waals surface area contributed by atoms with Gasteiger partial charge < -0.3 is 0 Å². The Kier molecular flexibility index (Phi) is 3.64. The van der Waals surface area contributed by atoms with Gasteiger partial charge in [0, 0.05) is 16.2 Å². The summed E-state index contributed by atoms with van der Waals surface area (Å²) >= 11 is 3.47. The van der Waals surface area contributed by atoms with Crippen molar-refractivity contribution in [2.45, 2.75) is 20.3 Å². The molecule has 3 nitrogen and oxygen atoms in total. The summed E-state index contributed by atoms with van der Waals surface area (Å²) in [6.07, 6.45) is 3.75. The first-order valence-electron chi connectivity index (χ1n) is 6.86. The van der Waals surface area contributed by atoms with Crippen LogP contribution in [0.25, 0.3) is 16.9 Å². The molecule has 1 aromatic carbocycles. The lowest BCUT2D eigenvalue weighted by Gasteiger charge is -2.01. The number of aldehydes is 1. The van der Waals surface area contributed by atoms with Crippen LogP contribution in [-0.2, 0) is 6.42 Å². The lowest BCUT2D eigenvalue weighted by atomic mass is 10.1. The molecule has 0 aliphatic heterocycles. The van der Waals surface area contributed by atoms with Gasteiger partial charge in [0.05, 0.1) is 0 Å². The summed E-state index contributed by atoms with van der Waals surface area (Å²) in [7, 11) is 0. The maximum atomic E-state index is 11.5. The van der Waals surface area contributed by atoms with Crippen molar-refractivity contribution in [2.75, 3.05) is 0 Å². The number of aromatic nitrogens is 2. The molecule has 3 rings (SSSR count). The van der Waals surface area contributed by atoms with Crippen LogP contribution in [0.1, 0.15) is 28.5 Å². The molecule has 3 aromatic rings. The molecule has 0 aliphatic carbocycles. The van der Waals surface area contributed by atoms with Crippen molar-refractivity contribution in [3.8, 4) is 11.3 Å². The molecule has 2 heterocycles. The minimum atomic E-state index is 0.582. The average molecular weight is 343 g/mol. The predicted molar refractivity (Wildman–Crippen MR) is 87.8 cm³/mol. The van der Waals surface area contributed by atoms with Gasteiger partial charge in [-0.05, 0) is 46.5 Å². The van der Waals surface area contributed by atoms with E-state index in [1.165, 1.54) is 5.56 Å². The van der Waals surface area contributed by atoms with Gasteiger partial charge in [0.2, 0.25) is 0 Å². The van der Waals surface area contributed by atoms with Crippen LogP contribution in [0.15, 0.2) is 41.0 Å². The molecule has 0 N–H and O–H groups in total. The molecule has 0 radical (unpaired) electrons. The smallest absolute Gasteiger partial charge is 0.169 e. The highest BCUT2D eigenvalue weighted by Gasteiger charge is 2.15. The fourth-order valence-corrected chi connectivity index (χ4v) is 3.06. The van der Waals surface area contributed by atoms with Crippen LogP contribution in [0.4, 0.5) is 0 Å². The number of fused-ring (bicyclic) bond motifs is 1. The van der Waals surface area contributed by atoms with Gasteiger partial charge in [0.1, 0.15) is 17.0 Å². The number of halogens is 1. The molecule has 0 amide bonds. The Labute approximate surface area is 131 Å². The van der Waals surface area contributed by atoms with Crippen LogP contribution in [0, 0.1) is 6.92 Å². The first-order chi connectivity index (χ1) is 10.1. The van der Waals surface area contributed by atoms with Crippen LogP contribution in [-0.4, -0.2) is 15.7 Å². The molecule has 0 bridgehead atoms. The van der Waals surface area contributed by atoms with Gasteiger partial charge >= 0.3 is 0 Å². The van der Waals surface area contributed by atoms with Crippen molar-refractivity contribution in [1.82, 2.24) is 9.38 Å². The highest BCUT2D eigenvalue weighted by atomic mass is 79.9. The van der Waals surface area contributed by atoms with Gasteiger partial charge in [0.15, 0.2) is 6.29 Å². The van der Waals surface area contributed by atoms with Gasteiger partial charge in [-0.15, -0.1) is 0 Å². The Morgan fingerprint density at radius 2 is 2.00 bits per heavy atom. The van der Waals surface area contributed by atoms with Crippen molar-refractivity contribution in [3.63, 3.8) is 0 Å². The molecule has 0 spiro atoms. The zero-order chi connectivity index (χ0) is 15.0. The Morgan fingerprint density at radius 3 is 2.62 bits per heavy atom. The van der Waals surface area contributed by atoms with E-state index in [-0.39, 0.29) is 0 Å².